The number of carbonyl (C=O) groups is 1. The van der Waals surface area contributed by atoms with Gasteiger partial charge in [0.1, 0.15) is 0 Å². The van der Waals surface area contributed by atoms with Crippen molar-refractivity contribution in [3.8, 4) is 0 Å². The zero-order chi connectivity index (χ0) is 12.7. The van der Waals surface area contributed by atoms with Gasteiger partial charge < -0.3 is 0 Å². The van der Waals surface area contributed by atoms with Crippen LogP contribution in [0.2, 0.25) is 0 Å². The molecule has 5 nitrogen and oxygen atoms in total. The Bertz CT molecular complexity index is 367. The SMILES string of the molecule is CCN(CCC(=O)NN)Cc1cccc(C)n1. The fraction of sp³-hybridized carbons (Fsp3) is 0.500. The monoisotopic (exact) mass is 236 g/mol. The molecule has 1 amide bonds. The van der Waals surface area contributed by atoms with Gasteiger partial charge in [-0.15, -0.1) is 0 Å². The molecule has 0 fully saturated rings. The van der Waals surface area contributed by atoms with Gasteiger partial charge >= 0.3 is 0 Å². The summed E-state index contributed by atoms with van der Waals surface area (Å²) in [5, 5.41) is 0. The molecule has 1 rings (SSSR count). The molecule has 5 heteroatoms. The Kier molecular flexibility index (Phi) is 5.59. The van der Waals surface area contributed by atoms with E-state index in [9.17, 15) is 4.79 Å². The molecule has 0 aliphatic rings. The predicted molar refractivity (Wildman–Crippen MR) is 66.9 cm³/mol. The van der Waals surface area contributed by atoms with Crippen molar-refractivity contribution in [1.82, 2.24) is 15.3 Å². The first-order chi connectivity index (χ1) is 8.15. The summed E-state index contributed by atoms with van der Waals surface area (Å²) >= 11 is 0. The molecule has 17 heavy (non-hydrogen) atoms. The van der Waals surface area contributed by atoms with Crippen LogP contribution in [0.3, 0.4) is 0 Å². The van der Waals surface area contributed by atoms with Crippen molar-refractivity contribution in [1.29, 1.82) is 0 Å². The van der Waals surface area contributed by atoms with Gasteiger partial charge in [0, 0.05) is 25.2 Å². The van der Waals surface area contributed by atoms with Gasteiger partial charge in [-0.3, -0.25) is 20.1 Å². The maximum Gasteiger partial charge on any atom is 0.235 e. The Balaban J connectivity index is 2.49. The minimum absolute atomic E-state index is 0.138. The molecule has 3 N–H and O–H groups in total. The van der Waals surface area contributed by atoms with Crippen molar-refractivity contribution in [3.05, 3.63) is 29.6 Å². The molecular formula is C12H20N4O. The lowest BCUT2D eigenvalue weighted by atomic mass is 10.3. The lowest BCUT2D eigenvalue weighted by molar-refractivity contribution is -0.121. The smallest absolute Gasteiger partial charge is 0.235 e. The Morgan fingerprint density at radius 2 is 2.29 bits per heavy atom. The molecule has 1 aromatic heterocycles. The molecule has 0 unspecified atom stereocenters. The van der Waals surface area contributed by atoms with E-state index in [0.29, 0.717) is 13.0 Å². The second kappa shape index (κ2) is 6.98. The predicted octanol–water partition coefficient (Wildman–Crippen LogP) is 0.592. The summed E-state index contributed by atoms with van der Waals surface area (Å²) in [5.41, 5.74) is 4.18. The third-order valence-electron chi connectivity index (χ3n) is 2.59. The molecular weight excluding hydrogens is 216 g/mol. The van der Waals surface area contributed by atoms with Gasteiger partial charge in [-0.2, -0.15) is 0 Å². The second-order valence-corrected chi connectivity index (χ2v) is 3.96. The van der Waals surface area contributed by atoms with Crippen molar-refractivity contribution >= 4 is 5.91 Å². The van der Waals surface area contributed by atoms with E-state index >= 15 is 0 Å². The number of nitrogens with one attached hydrogen (secondary N) is 1. The summed E-state index contributed by atoms with van der Waals surface area (Å²) < 4.78 is 0. The largest absolute Gasteiger partial charge is 0.297 e. The van der Waals surface area contributed by atoms with E-state index in [4.69, 9.17) is 5.84 Å². The molecule has 94 valence electrons. The lowest BCUT2D eigenvalue weighted by Gasteiger charge is -2.19. The highest BCUT2D eigenvalue weighted by atomic mass is 16.2. The number of aromatic nitrogens is 1. The van der Waals surface area contributed by atoms with Crippen LogP contribution in [0.4, 0.5) is 0 Å². The number of carbonyl (C=O) groups excluding carboxylic acids is 1. The fourth-order valence-corrected chi connectivity index (χ4v) is 1.60. The lowest BCUT2D eigenvalue weighted by Crippen LogP contribution is -2.34. The van der Waals surface area contributed by atoms with Crippen LogP contribution >= 0.6 is 0 Å². The molecule has 0 aliphatic heterocycles. The number of rotatable bonds is 6. The third-order valence-corrected chi connectivity index (χ3v) is 2.59. The van der Waals surface area contributed by atoms with Crippen molar-refractivity contribution in [2.45, 2.75) is 26.8 Å². The minimum Gasteiger partial charge on any atom is -0.297 e. The van der Waals surface area contributed by atoms with Crippen molar-refractivity contribution in [2.24, 2.45) is 5.84 Å². The van der Waals surface area contributed by atoms with Crippen LogP contribution in [0.25, 0.3) is 0 Å². The van der Waals surface area contributed by atoms with Gasteiger partial charge in [-0.05, 0) is 25.6 Å². The summed E-state index contributed by atoms with van der Waals surface area (Å²) in [6, 6.07) is 5.97. The average molecular weight is 236 g/mol. The number of aryl methyl sites for hydroxylation is 1. The Labute approximate surface area is 102 Å². The second-order valence-electron chi connectivity index (χ2n) is 3.96. The molecule has 0 saturated carbocycles. The van der Waals surface area contributed by atoms with E-state index in [1.165, 1.54) is 0 Å². The minimum atomic E-state index is -0.138. The number of hydrazine groups is 1. The van der Waals surface area contributed by atoms with Crippen molar-refractivity contribution in [3.63, 3.8) is 0 Å². The normalized spacial score (nSPS) is 10.6. The number of pyridine rings is 1. The standard InChI is InChI=1S/C12H20N4O/c1-3-16(8-7-12(17)15-13)9-11-6-4-5-10(2)14-11/h4-6H,3,7-9,13H2,1-2H3,(H,15,17). The molecule has 0 aliphatic carbocycles. The summed E-state index contributed by atoms with van der Waals surface area (Å²) in [5.74, 6) is 4.90. The van der Waals surface area contributed by atoms with Crippen molar-refractivity contribution in [2.75, 3.05) is 13.1 Å². The van der Waals surface area contributed by atoms with E-state index in [1.54, 1.807) is 0 Å². The van der Waals surface area contributed by atoms with Crippen LogP contribution < -0.4 is 11.3 Å². The number of hydrogen-bond acceptors (Lipinski definition) is 4. The first-order valence-electron chi connectivity index (χ1n) is 5.80. The van der Waals surface area contributed by atoms with E-state index in [-0.39, 0.29) is 5.91 Å². The molecule has 1 aromatic rings. The average Bonchev–Trinajstić information content (AvgIpc) is 2.34. The maximum atomic E-state index is 11.1. The zero-order valence-electron chi connectivity index (χ0n) is 10.4. The van der Waals surface area contributed by atoms with E-state index in [0.717, 1.165) is 24.5 Å². The van der Waals surface area contributed by atoms with E-state index in [2.05, 4.69) is 22.2 Å². The van der Waals surface area contributed by atoms with Gasteiger partial charge in [0.2, 0.25) is 5.91 Å². The Hall–Kier alpha value is -1.46. The van der Waals surface area contributed by atoms with Gasteiger partial charge in [-0.1, -0.05) is 13.0 Å². The zero-order valence-corrected chi connectivity index (χ0v) is 10.4. The molecule has 0 spiro atoms. The number of nitrogens with two attached hydrogens (primary N) is 1. The van der Waals surface area contributed by atoms with Gasteiger partial charge in [0.15, 0.2) is 0 Å². The Morgan fingerprint density at radius 1 is 1.53 bits per heavy atom. The molecule has 1 heterocycles. The summed E-state index contributed by atoms with van der Waals surface area (Å²) in [6.45, 7) is 6.37. The van der Waals surface area contributed by atoms with Crippen LogP contribution in [0.1, 0.15) is 24.7 Å². The highest BCUT2D eigenvalue weighted by Crippen LogP contribution is 2.03. The number of amides is 1. The van der Waals surface area contributed by atoms with Crippen LogP contribution in [0.5, 0.6) is 0 Å². The van der Waals surface area contributed by atoms with Gasteiger partial charge in [0.05, 0.1) is 5.69 Å². The highest BCUT2D eigenvalue weighted by Gasteiger charge is 2.07. The van der Waals surface area contributed by atoms with E-state index < -0.39 is 0 Å². The molecule has 0 atom stereocenters. The van der Waals surface area contributed by atoms with Crippen molar-refractivity contribution < 1.29 is 4.79 Å². The number of hydrogen-bond donors (Lipinski definition) is 2. The molecule has 0 radical (unpaired) electrons. The quantitative estimate of drug-likeness (QED) is 0.431. The number of nitrogens with zero attached hydrogens (tertiary/aromatic N) is 2. The topological polar surface area (TPSA) is 71.2 Å². The first-order valence-corrected chi connectivity index (χ1v) is 5.80. The Morgan fingerprint density at radius 3 is 2.88 bits per heavy atom. The van der Waals surface area contributed by atoms with E-state index in [1.807, 2.05) is 25.1 Å². The molecule has 0 saturated heterocycles. The summed E-state index contributed by atoms with van der Waals surface area (Å²) in [6.07, 6.45) is 0.413. The highest BCUT2D eigenvalue weighted by molar-refractivity contribution is 5.75. The molecule has 0 bridgehead atoms. The maximum absolute atomic E-state index is 11.1. The first kappa shape index (κ1) is 13.6. The van der Waals surface area contributed by atoms with Crippen LogP contribution in [0.15, 0.2) is 18.2 Å². The van der Waals surface area contributed by atoms with Gasteiger partial charge in [0.25, 0.3) is 0 Å². The summed E-state index contributed by atoms with van der Waals surface area (Å²) in [4.78, 5) is 17.7. The third kappa shape index (κ3) is 4.93. The fourth-order valence-electron chi connectivity index (χ4n) is 1.60. The van der Waals surface area contributed by atoms with Crippen LogP contribution in [-0.2, 0) is 11.3 Å². The van der Waals surface area contributed by atoms with Crippen LogP contribution in [-0.4, -0.2) is 28.9 Å². The van der Waals surface area contributed by atoms with Crippen LogP contribution in [0, 0.1) is 6.92 Å². The molecule has 0 aromatic carbocycles. The van der Waals surface area contributed by atoms with Gasteiger partial charge in [-0.25, -0.2) is 5.84 Å². The summed E-state index contributed by atoms with van der Waals surface area (Å²) in [7, 11) is 0.